The van der Waals surface area contributed by atoms with Gasteiger partial charge >= 0.3 is 5.97 Å². The molecule has 25 heavy (non-hydrogen) atoms. The van der Waals surface area contributed by atoms with Gasteiger partial charge in [-0.05, 0) is 51.0 Å². The topological polar surface area (TPSA) is 79.7 Å². The first kappa shape index (κ1) is 17.4. The van der Waals surface area contributed by atoms with E-state index >= 15 is 0 Å². The molecule has 7 heteroatoms. The largest absolute Gasteiger partial charge is 0.491 e. The maximum absolute atomic E-state index is 12.6. The summed E-state index contributed by atoms with van der Waals surface area (Å²) >= 11 is 1.37. The summed E-state index contributed by atoms with van der Waals surface area (Å²) in [5, 5.41) is 11.6. The van der Waals surface area contributed by atoms with Gasteiger partial charge in [-0.2, -0.15) is 0 Å². The number of nitrogens with zero attached hydrogens (tertiary/aromatic N) is 2. The number of hydrogen-bond acceptors (Lipinski definition) is 5. The van der Waals surface area contributed by atoms with Crippen LogP contribution in [0.25, 0.3) is 10.6 Å². The van der Waals surface area contributed by atoms with Gasteiger partial charge in [0.25, 0.3) is 5.91 Å². The zero-order valence-electron chi connectivity index (χ0n) is 14.1. The molecule has 1 atom stereocenters. The first-order valence-electron chi connectivity index (χ1n) is 8.22. The predicted molar refractivity (Wildman–Crippen MR) is 95.0 cm³/mol. The van der Waals surface area contributed by atoms with E-state index in [0.717, 1.165) is 16.3 Å². The van der Waals surface area contributed by atoms with Crippen LogP contribution in [-0.4, -0.2) is 45.6 Å². The first-order valence-corrected chi connectivity index (χ1v) is 9.10. The van der Waals surface area contributed by atoms with Gasteiger partial charge in [0.2, 0.25) is 0 Å². The second kappa shape index (κ2) is 7.23. The summed E-state index contributed by atoms with van der Waals surface area (Å²) in [5.74, 6) is -0.484. The molecule has 3 rings (SSSR count). The van der Waals surface area contributed by atoms with Crippen LogP contribution in [0.1, 0.15) is 37.2 Å². The second-order valence-electron chi connectivity index (χ2n) is 6.22. The van der Waals surface area contributed by atoms with E-state index in [1.54, 1.807) is 5.38 Å². The molecule has 6 nitrogen and oxygen atoms in total. The standard InChI is InChI=1S/C18H20N2O4S/c1-11(2)24-13-7-5-12(6-8-13)16-19-14(10-25-16)17(21)20-9-3-4-15(20)18(22)23/h5-8,10-11,15H,3-4,9H2,1-2H3,(H,22,23)/t15-/m0/s1. The average molecular weight is 360 g/mol. The zero-order chi connectivity index (χ0) is 18.0. The van der Waals surface area contributed by atoms with Crippen molar-refractivity contribution in [3.05, 3.63) is 35.3 Å². The number of ether oxygens (including phenoxy) is 1. The van der Waals surface area contributed by atoms with Crippen molar-refractivity contribution in [2.75, 3.05) is 6.54 Å². The summed E-state index contributed by atoms with van der Waals surface area (Å²) in [6.07, 6.45) is 1.31. The molecule has 1 fully saturated rings. The highest BCUT2D eigenvalue weighted by atomic mass is 32.1. The summed E-state index contributed by atoms with van der Waals surface area (Å²) in [6, 6.07) is 6.81. The van der Waals surface area contributed by atoms with Crippen LogP contribution in [0, 0.1) is 0 Å². The minimum absolute atomic E-state index is 0.109. The van der Waals surface area contributed by atoms with Gasteiger partial charge in [-0.15, -0.1) is 11.3 Å². The summed E-state index contributed by atoms with van der Waals surface area (Å²) in [4.78, 5) is 29.6. The second-order valence-corrected chi connectivity index (χ2v) is 7.08. The minimum Gasteiger partial charge on any atom is -0.491 e. The maximum atomic E-state index is 12.6. The van der Waals surface area contributed by atoms with E-state index in [4.69, 9.17) is 4.74 Å². The molecular weight excluding hydrogens is 340 g/mol. The third-order valence-corrected chi connectivity index (χ3v) is 4.89. The number of likely N-dealkylation sites (tertiary alicyclic amines) is 1. The molecular formula is C18H20N2O4S. The number of amides is 1. The number of carbonyl (C=O) groups excluding carboxylic acids is 1. The molecule has 1 aromatic heterocycles. The SMILES string of the molecule is CC(C)Oc1ccc(-c2nc(C(=O)N3CCC[C@H]3C(=O)O)cs2)cc1. The molecule has 2 aromatic rings. The molecule has 2 heterocycles. The molecule has 0 aliphatic carbocycles. The van der Waals surface area contributed by atoms with Crippen LogP contribution in [0.3, 0.4) is 0 Å². The lowest BCUT2D eigenvalue weighted by Gasteiger charge is -2.20. The Bertz CT molecular complexity index is 770. The van der Waals surface area contributed by atoms with Gasteiger partial charge in [-0.1, -0.05) is 0 Å². The normalized spacial score (nSPS) is 17.1. The number of rotatable bonds is 5. The number of carbonyl (C=O) groups is 2. The quantitative estimate of drug-likeness (QED) is 0.885. The van der Waals surface area contributed by atoms with Crippen molar-refractivity contribution in [2.45, 2.75) is 38.8 Å². The van der Waals surface area contributed by atoms with Gasteiger partial charge in [0.1, 0.15) is 22.5 Å². The third kappa shape index (κ3) is 3.82. The number of hydrogen-bond donors (Lipinski definition) is 1. The highest BCUT2D eigenvalue weighted by Crippen LogP contribution is 2.28. The first-order chi connectivity index (χ1) is 12.0. The Kier molecular flexibility index (Phi) is 5.03. The molecule has 0 unspecified atom stereocenters. The smallest absolute Gasteiger partial charge is 0.326 e. The summed E-state index contributed by atoms with van der Waals surface area (Å²) in [5.41, 5.74) is 1.20. The van der Waals surface area contributed by atoms with Crippen LogP contribution in [0.4, 0.5) is 0 Å². The van der Waals surface area contributed by atoms with Crippen molar-refractivity contribution < 1.29 is 19.4 Å². The van der Waals surface area contributed by atoms with Crippen LogP contribution >= 0.6 is 11.3 Å². The average Bonchev–Trinajstić information content (AvgIpc) is 3.24. The molecule has 0 bridgehead atoms. The van der Waals surface area contributed by atoms with E-state index < -0.39 is 12.0 Å². The lowest BCUT2D eigenvalue weighted by molar-refractivity contribution is -0.141. The molecule has 0 spiro atoms. The van der Waals surface area contributed by atoms with E-state index in [2.05, 4.69) is 4.98 Å². The number of thiazole rings is 1. The highest BCUT2D eigenvalue weighted by Gasteiger charge is 2.35. The number of carboxylic acids is 1. The van der Waals surface area contributed by atoms with Gasteiger partial charge in [0, 0.05) is 17.5 Å². The molecule has 0 saturated carbocycles. The van der Waals surface area contributed by atoms with Crippen molar-refractivity contribution in [3.8, 4) is 16.3 Å². The molecule has 1 N–H and O–H groups in total. The number of aliphatic carboxylic acids is 1. The van der Waals surface area contributed by atoms with Gasteiger partial charge in [0.05, 0.1) is 6.10 Å². The third-order valence-electron chi connectivity index (χ3n) is 4.00. The van der Waals surface area contributed by atoms with Crippen molar-refractivity contribution >= 4 is 23.2 Å². The minimum atomic E-state index is -0.956. The molecule has 1 aliphatic heterocycles. The number of carboxylic acid groups (broad SMARTS) is 1. The van der Waals surface area contributed by atoms with Crippen LogP contribution in [0.2, 0.25) is 0 Å². The lowest BCUT2D eigenvalue weighted by atomic mass is 10.2. The highest BCUT2D eigenvalue weighted by molar-refractivity contribution is 7.13. The van der Waals surface area contributed by atoms with Crippen LogP contribution < -0.4 is 4.74 Å². The van der Waals surface area contributed by atoms with E-state index in [-0.39, 0.29) is 12.0 Å². The molecule has 1 saturated heterocycles. The summed E-state index contributed by atoms with van der Waals surface area (Å²) in [7, 11) is 0. The zero-order valence-corrected chi connectivity index (χ0v) is 15.0. The number of aromatic nitrogens is 1. The van der Waals surface area contributed by atoms with Crippen LogP contribution in [0.15, 0.2) is 29.6 Å². The van der Waals surface area contributed by atoms with Gasteiger partial charge in [0.15, 0.2) is 0 Å². The van der Waals surface area contributed by atoms with Crippen LogP contribution in [-0.2, 0) is 4.79 Å². The predicted octanol–water partition coefficient (Wildman–Crippen LogP) is 3.29. The van der Waals surface area contributed by atoms with E-state index in [9.17, 15) is 14.7 Å². The van der Waals surface area contributed by atoms with Crippen molar-refractivity contribution in [1.82, 2.24) is 9.88 Å². The van der Waals surface area contributed by atoms with Crippen LogP contribution in [0.5, 0.6) is 5.75 Å². The lowest BCUT2D eigenvalue weighted by Crippen LogP contribution is -2.40. The molecule has 132 valence electrons. The van der Waals surface area contributed by atoms with Gasteiger partial charge < -0.3 is 14.7 Å². The molecule has 1 aromatic carbocycles. The monoisotopic (exact) mass is 360 g/mol. The number of benzene rings is 1. The molecule has 1 aliphatic rings. The molecule has 0 radical (unpaired) electrons. The fraction of sp³-hybridized carbons (Fsp3) is 0.389. The Balaban J connectivity index is 1.76. The van der Waals surface area contributed by atoms with Crippen molar-refractivity contribution in [1.29, 1.82) is 0 Å². The Labute approximate surface area is 150 Å². The Morgan fingerprint density at radius 1 is 1.32 bits per heavy atom. The summed E-state index contributed by atoms with van der Waals surface area (Å²) < 4.78 is 5.62. The van der Waals surface area contributed by atoms with Crippen molar-refractivity contribution in [3.63, 3.8) is 0 Å². The Morgan fingerprint density at radius 2 is 2.04 bits per heavy atom. The van der Waals surface area contributed by atoms with Gasteiger partial charge in [-0.25, -0.2) is 9.78 Å². The van der Waals surface area contributed by atoms with E-state index in [1.165, 1.54) is 16.2 Å². The van der Waals surface area contributed by atoms with Gasteiger partial charge in [-0.3, -0.25) is 4.79 Å². The fourth-order valence-corrected chi connectivity index (χ4v) is 3.67. The van der Waals surface area contributed by atoms with E-state index in [1.807, 2.05) is 38.1 Å². The molecule has 1 amide bonds. The Hall–Kier alpha value is -2.41. The van der Waals surface area contributed by atoms with Crippen molar-refractivity contribution in [2.24, 2.45) is 0 Å². The fourth-order valence-electron chi connectivity index (χ4n) is 2.87. The van der Waals surface area contributed by atoms with E-state index in [0.29, 0.717) is 25.1 Å². The Morgan fingerprint density at radius 3 is 2.68 bits per heavy atom. The summed E-state index contributed by atoms with van der Waals surface area (Å²) in [6.45, 7) is 4.40. The maximum Gasteiger partial charge on any atom is 0.326 e.